The molecular weight excluding hydrogens is 462 g/mol. The molecule has 0 radical (unpaired) electrons. The lowest BCUT2D eigenvalue weighted by Gasteiger charge is -2.14. The predicted molar refractivity (Wildman–Crippen MR) is 136 cm³/mol. The predicted octanol–water partition coefficient (Wildman–Crippen LogP) is 6.51. The summed E-state index contributed by atoms with van der Waals surface area (Å²) in [5.74, 6) is 1.28. The highest BCUT2D eigenvalue weighted by molar-refractivity contribution is 8.27. The maximum absolute atomic E-state index is 13.0. The van der Waals surface area contributed by atoms with Crippen molar-refractivity contribution in [3.63, 3.8) is 0 Å². The molecule has 3 aromatic carbocycles. The van der Waals surface area contributed by atoms with Crippen molar-refractivity contribution in [3.05, 3.63) is 93.9 Å². The van der Waals surface area contributed by atoms with Gasteiger partial charge in [-0.1, -0.05) is 72.0 Å². The van der Waals surface area contributed by atoms with Crippen molar-refractivity contribution in [1.29, 1.82) is 0 Å². The standard InChI is InChI=1S/C25H20ClNO3S2/c1-17-15-20(11-12-21(17)26)29-13-14-30-22-10-6-5-7-18(22)16-23-24(28)27(25(31)32-23)19-8-3-2-4-9-19/h2-12,15-16H,13-14H2,1H3. The van der Waals surface area contributed by atoms with Crippen molar-refractivity contribution in [2.75, 3.05) is 18.1 Å². The molecule has 0 unspecified atom stereocenters. The third-order valence-corrected chi connectivity index (χ3v) is 6.48. The minimum Gasteiger partial charge on any atom is -0.490 e. The molecule has 0 saturated carbocycles. The lowest BCUT2D eigenvalue weighted by molar-refractivity contribution is -0.113. The van der Waals surface area contributed by atoms with Crippen LogP contribution in [-0.2, 0) is 4.79 Å². The van der Waals surface area contributed by atoms with Gasteiger partial charge in [-0.3, -0.25) is 9.69 Å². The number of ether oxygens (including phenoxy) is 2. The zero-order valence-corrected chi connectivity index (χ0v) is 19.7. The van der Waals surface area contributed by atoms with Crippen LogP contribution in [0.15, 0.2) is 77.7 Å². The van der Waals surface area contributed by atoms with Crippen molar-refractivity contribution in [3.8, 4) is 11.5 Å². The second-order valence-electron chi connectivity index (χ2n) is 7.00. The fourth-order valence-electron chi connectivity index (χ4n) is 3.16. The summed E-state index contributed by atoms with van der Waals surface area (Å²) in [6.45, 7) is 2.67. The summed E-state index contributed by atoms with van der Waals surface area (Å²) in [4.78, 5) is 15.1. The molecule has 1 fully saturated rings. The Bertz CT molecular complexity index is 1180. The molecule has 0 aliphatic carbocycles. The number of nitrogens with zero attached hydrogens (tertiary/aromatic N) is 1. The van der Waals surface area contributed by atoms with Crippen molar-refractivity contribution in [2.45, 2.75) is 6.92 Å². The minimum absolute atomic E-state index is 0.137. The number of carbonyl (C=O) groups is 1. The van der Waals surface area contributed by atoms with Crippen LogP contribution in [0.1, 0.15) is 11.1 Å². The minimum atomic E-state index is -0.137. The van der Waals surface area contributed by atoms with E-state index in [4.69, 9.17) is 33.3 Å². The highest BCUT2D eigenvalue weighted by Gasteiger charge is 2.33. The Balaban J connectivity index is 1.43. The van der Waals surface area contributed by atoms with Crippen LogP contribution in [0.3, 0.4) is 0 Å². The maximum Gasteiger partial charge on any atom is 0.270 e. The molecule has 1 saturated heterocycles. The Morgan fingerprint density at radius 3 is 2.50 bits per heavy atom. The van der Waals surface area contributed by atoms with Crippen LogP contribution >= 0.6 is 35.6 Å². The number of hydrogen-bond donors (Lipinski definition) is 0. The van der Waals surface area contributed by atoms with Gasteiger partial charge < -0.3 is 9.47 Å². The number of carbonyl (C=O) groups excluding carboxylic acids is 1. The van der Waals surface area contributed by atoms with E-state index in [9.17, 15) is 4.79 Å². The first-order valence-corrected chi connectivity index (χ1v) is 11.6. The number of benzene rings is 3. The fourth-order valence-corrected chi connectivity index (χ4v) is 4.57. The van der Waals surface area contributed by atoms with Gasteiger partial charge in [0.05, 0.1) is 10.6 Å². The van der Waals surface area contributed by atoms with Crippen LogP contribution < -0.4 is 14.4 Å². The van der Waals surface area contributed by atoms with Crippen LogP contribution in [0.25, 0.3) is 6.08 Å². The molecule has 7 heteroatoms. The molecule has 3 aromatic rings. The van der Waals surface area contributed by atoms with Crippen LogP contribution in [0.2, 0.25) is 5.02 Å². The summed E-state index contributed by atoms with van der Waals surface area (Å²) in [5, 5.41) is 0.709. The molecule has 1 amide bonds. The highest BCUT2D eigenvalue weighted by Crippen LogP contribution is 2.37. The van der Waals surface area contributed by atoms with E-state index >= 15 is 0 Å². The lowest BCUT2D eigenvalue weighted by Crippen LogP contribution is -2.27. The van der Waals surface area contributed by atoms with Gasteiger partial charge in [0.1, 0.15) is 24.7 Å². The van der Waals surface area contributed by atoms with E-state index in [2.05, 4.69) is 0 Å². The van der Waals surface area contributed by atoms with Gasteiger partial charge >= 0.3 is 0 Å². The first-order chi connectivity index (χ1) is 15.5. The van der Waals surface area contributed by atoms with Crippen LogP contribution in [-0.4, -0.2) is 23.4 Å². The molecule has 4 nitrogen and oxygen atoms in total. The largest absolute Gasteiger partial charge is 0.490 e. The van der Waals surface area contributed by atoms with Crippen molar-refractivity contribution in [1.82, 2.24) is 0 Å². The van der Waals surface area contributed by atoms with Gasteiger partial charge in [-0.25, -0.2) is 0 Å². The number of para-hydroxylation sites is 2. The average Bonchev–Trinajstić information content (AvgIpc) is 3.08. The topological polar surface area (TPSA) is 38.8 Å². The number of thiocarbonyl (C=S) groups is 1. The third-order valence-electron chi connectivity index (χ3n) is 4.75. The first-order valence-electron chi connectivity index (χ1n) is 9.97. The van der Waals surface area contributed by atoms with Crippen LogP contribution in [0.4, 0.5) is 5.69 Å². The summed E-state index contributed by atoms with van der Waals surface area (Å²) < 4.78 is 12.2. The second kappa shape index (κ2) is 10.2. The van der Waals surface area contributed by atoms with Crippen molar-refractivity contribution < 1.29 is 14.3 Å². The average molecular weight is 482 g/mol. The van der Waals surface area contributed by atoms with Gasteiger partial charge in [0.15, 0.2) is 4.32 Å². The molecule has 1 aliphatic heterocycles. The number of anilines is 1. The smallest absolute Gasteiger partial charge is 0.270 e. The van der Waals surface area contributed by atoms with Crippen LogP contribution in [0.5, 0.6) is 11.5 Å². The number of amides is 1. The first kappa shape index (κ1) is 22.4. The Hall–Kier alpha value is -2.80. The number of rotatable bonds is 7. The Morgan fingerprint density at radius 1 is 1.00 bits per heavy atom. The van der Waals surface area contributed by atoms with E-state index in [-0.39, 0.29) is 5.91 Å². The zero-order chi connectivity index (χ0) is 22.5. The van der Waals surface area contributed by atoms with Crippen LogP contribution in [0, 0.1) is 6.92 Å². The molecule has 0 spiro atoms. The van der Waals surface area contributed by atoms with Crippen molar-refractivity contribution in [2.24, 2.45) is 0 Å². The molecule has 1 heterocycles. The summed E-state index contributed by atoms with van der Waals surface area (Å²) in [6, 6.07) is 22.5. The number of aryl methyl sites for hydroxylation is 1. The molecular formula is C25H20ClNO3S2. The van der Waals surface area contributed by atoms with E-state index in [1.54, 1.807) is 4.90 Å². The zero-order valence-electron chi connectivity index (χ0n) is 17.3. The molecule has 32 heavy (non-hydrogen) atoms. The van der Waals surface area contributed by atoms with E-state index in [1.165, 1.54) is 11.8 Å². The highest BCUT2D eigenvalue weighted by atomic mass is 35.5. The molecule has 162 valence electrons. The SMILES string of the molecule is Cc1cc(OCCOc2ccccc2C=C2SC(=S)N(c3ccccc3)C2=O)ccc1Cl. The Kier molecular flexibility index (Phi) is 7.15. The van der Waals surface area contributed by atoms with E-state index in [1.807, 2.05) is 85.8 Å². The van der Waals surface area contributed by atoms with E-state index < -0.39 is 0 Å². The summed E-state index contributed by atoms with van der Waals surface area (Å²) >= 11 is 12.8. The van der Waals surface area contributed by atoms with Gasteiger partial charge in [0.25, 0.3) is 5.91 Å². The summed E-state index contributed by atoms with van der Waals surface area (Å²) in [5.41, 5.74) is 2.53. The quantitative estimate of drug-likeness (QED) is 0.218. The molecule has 0 N–H and O–H groups in total. The lowest BCUT2D eigenvalue weighted by atomic mass is 10.2. The Labute approximate surface area is 201 Å². The number of halogens is 1. The molecule has 0 aromatic heterocycles. The number of hydrogen-bond acceptors (Lipinski definition) is 5. The number of thioether (sulfide) groups is 1. The van der Waals surface area contributed by atoms with Gasteiger partial charge in [-0.2, -0.15) is 0 Å². The molecule has 1 aliphatic rings. The Morgan fingerprint density at radius 2 is 1.72 bits per heavy atom. The fraction of sp³-hybridized carbons (Fsp3) is 0.120. The van der Waals surface area contributed by atoms with Gasteiger partial charge in [-0.05, 0) is 55.0 Å². The van der Waals surface area contributed by atoms with E-state index in [0.717, 1.165) is 22.6 Å². The second-order valence-corrected chi connectivity index (χ2v) is 9.08. The maximum atomic E-state index is 13.0. The third kappa shape index (κ3) is 5.15. The summed E-state index contributed by atoms with van der Waals surface area (Å²) in [6.07, 6.45) is 1.82. The molecule has 0 atom stereocenters. The molecule has 4 rings (SSSR count). The monoisotopic (exact) mass is 481 g/mol. The van der Waals surface area contributed by atoms with Crippen molar-refractivity contribution >= 4 is 57.6 Å². The van der Waals surface area contributed by atoms with Gasteiger partial charge in [-0.15, -0.1) is 0 Å². The van der Waals surface area contributed by atoms with Gasteiger partial charge in [0, 0.05) is 10.6 Å². The van der Waals surface area contributed by atoms with E-state index in [0.29, 0.717) is 33.2 Å². The normalized spacial score (nSPS) is 14.8. The van der Waals surface area contributed by atoms with Gasteiger partial charge in [0.2, 0.25) is 0 Å². The summed E-state index contributed by atoms with van der Waals surface area (Å²) in [7, 11) is 0. The molecule has 0 bridgehead atoms.